The number of anilines is 2. The number of para-hydroxylation sites is 2. The average molecular weight is 257 g/mol. The Morgan fingerprint density at radius 2 is 1.95 bits per heavy atom. The van der Waals surface area contributed by atoms with Crippen molar-refractivity contribution in [1.29, 1.82) is 0 Å². The van der Waals surface area contributed by atoms with E-state index in [0.29, 0.717) is 11.4 Å². The molecule has 4 N–H and O–H groups in total. The Morgan fingerprint density at radius 1 is 1.21 bits per heavy atom. The van der Waals surface area contributed by atoms with Crippen LogP contribution < -0.4 is 11.1 Å². The SMILES string of the molecule is Nc1ccccc1NC(=O)c1ccnc(C(=O)O)c1. The van der Waals surface area contributed by atoms with Crippen LogP contribution in [0.3, 0.4) is 0 Å². The largest absolute Gasteiger partial charge is 0.477 e. The van der Waals surface area contributed by atoms with Crippen LogP contribution in [0.15, 0.2) is 42.6 Å². The van der Waals surface area contributed by atoms with E-state index in [0.717, 1.165) is 0 Å². The molecular weight excluding hydrogens is 246 g/mol. The molecule has 0 atom stereocenters. The van der Waals surface area contributed by atoms with E-state index in [4.69, 9.17) is 10.8 Å². The maximum Gasteiger partial charge on any atom is 0.354 e. The molecule has 0 saturated carbocycles. The predicted molar refractivity (Wildman–Crippen MR) is 70.0 cm³/mol. The highest BCUT2D eigenvalue weighted by Crippen LogP contribution is 2.17. The first-order valence-electron chi connectivity index (χ1n) is 5.43. The summed E-state index contributed by atoms with van der Waals surface area (Å²) < 4.78 is 0. The molecule has 6 nitrogen and oxygen atoms in total. The maximum atomic E-state index is 12.0. The van der Waals surface area contributed by atoms with E-state index >= 15 is 0 Å². The van der Waals surface area contributed by atoms with Crippen LogP contribution in [0.1, 0.15) is 20.8 Å². The number of carbonyl (C=O) groups is 2. The average Bonchev–Trinajstić information content (AvgIpc) is 2.41. The van der Waals surface area contributed by atoms with Crippen molar-refractivity contribution in [3.63, 3.8) is 0 Å². The molecule has 96 valence electrons. The van der Waals surface area contributed by atoms with Crippen LogP contribution in [0, 0.1) is 0 Å². The van der Waals surface area contributed by atoms with Gasteiger partial charge in [0.2, 0.25) is 0 Å². The molecule has 1 aromatic heterocycles. The van der Waals surface area contributed by atoms with E-state index in [-0.39, 0.29) is 11.3 Å². The van der Waals surface area contributed by atoms with Crippen LogP contribution >= 0.6 is 0 Å². The molecule has 6 heteroatoms. The molecule has 0 aliphatic carbocycles. The lowest BCUT2D eigenvalue weighted by atomic mass is 10.2. The zero-order valence-corrected chi connectivity index (χ0v) is 9.83. The van der Waals surface area contributed by atoms with E-state index in [1.165, 1.54) is 18.3 Å². The van der Waals surface area contributed by atoms with Crippen molar-refractivity contribution in [3.8, 4) is 0 Å². The number of hydrogen-bond acceptors (Lipinski definition) is 4. The summed E-state index contributed by atoms with van der Waals surface area (Å²) in [7, 11) is 0. The van der Waals surface area contributed by atoms with Gasteiger partial charge in [-0.2, -0.15) is 0 Å². The number of carboxylic acids is 1. The summed E-state index contributed by atoms with van der Waals surface area (Å²) in [4.78, 5) is 26.4. The van der Waals surface area contributed by atoms with Gasteiger partial charge in [0.05, 0.1) is 11.4 Å². The number of carboxylic acid groups (broad SMARTS) is 1. The number of amides is 1. The number of aromatic carboxylic acids is 1. The van der Waals surface area contributed by atoms with Crippen LogP contribution in [-0.4, -0.2) is 22.0 Å². The van der Waals surface area contributed by atoms with Crippen LogP contribution in [0.4, 0.5) is 11.4 Å². The predicted octanol–water partition coefficient (Wildman–Crippen LogP) is 1.61. The molecule has 0 saturated heterocycles. The summed E-state index contributed by atoms with van der Waals surface area (Å²) >= 11 is 0. The number of aromatic nitrogens is 1. The summed E-state index contributed by atoms with van der Waals surface area (Å²) in [5.41, 5.74) is 6.63. The molecule has 2 rings (SSSR count). The number of carbonyl (C=O) groups excluding carboxylic acids is 1. The minimum absolute atomic E-state index is 0.186. The second-order valence-corrected chi connectivity index (χ2v) is 3.78. The third-order valence-corrected chi connectivity index (χ3v) is 2.45. The topological polar surface area (TPSA) is 105 Å². The van der Waals surface area contributed by atoms with Crippen LogP contribution in [0.25, 0.3) is 0 Å². The van der Waals surface area contributed by atoms with Gasteiger partial charge in [-0.3, -0.25) is 4.79 Å². The van der Waals surface area contributed by atoms with Gasteiger partial charge in [-0.15, -0.1) is 0 Å². The van der Waals surface area contributed by atoms with Gasteiger partial charge < -0.3 is 16.2 Å². The number of benzene rings is 1. The van der Waals surface area contributed by atoms with Crippen molar-refractivity contribution in [2.75, 3.05) is 11.1 Å². The minimum atomic E-state index is -1.19. The molecule has 0 aliphatic rings. The standard InChI is InChI=1S/C13H11N3O3/c14-9-3-1-2-4-10(9)16-12(17)8-5-6-15-11(7-8)13(18)19/h1-7H,14H2,(H,16,17)(H,18,19). The second kappa shape index (κ2) is 5.18. The van der Waals surface area contributed by atoms with Gasteiger partial charge in [-0.05, 0) is 24.3 Å². The third-order valence-electron chi connectivity index (χ3n) is 2.45. The molecule has 0 bridgehead atoms. The number of rotatable bonds is 3. The number of hydrogen-bond donors (Lipinski definition) is 3. The Labute approximate surface area is 108 Å². The van der Waals surface area contributed by atoms with Gasteiger partial charge in [0, 0.05) is 11.8 Å². The van der Waals surface area contributed by atoms with Crippen molar-refractivity contribution in [1.82, 2.24) is 4.98 Å². The van der Waals surface area contributed by atoms with Crippen molar-refractivity contribution in [3.05, 3.63) is 53.9 Å². The van der Waals surface area contributed by atoms with Crippen molar-refractivity contribution in [2.24, 2.45) is 0 Å². The molecule has 1 heterocycles. The summed E-state index contributed by atoms with van der Waals surface area (Å²) in [6, 6.07) is 9.44. The normalized spacial score (nSPS) is 9.89. The Bertz CT molecular complexity index is 641. The van der Waals surface area contributed by atoms with E-state index in [9.17, 15) is 9.59 Å². The third kappa shape index (κ3) is 2.86. The Balaban J connectivity index is 2.23. The molecule has 0 unspecified atom stereocenters. The van der Waals surface area contributed by atoms with Gasteiger partial charge in [-0.1, -0.05) is 12.1 Å². The lowest BCUT2D eigenvalue weighted by molar-refractivity contribution is 0.0690. The van der Waals surface area contributed by atoms with E-state index in [2.05, 4.69) is 10.3 Å². The molecule has 0 aliphatic heterocycles. The molecule has 1 aromatic carbocycles. The van der Waals surface area contributed by atoms with Gasteiger partial charge in [-0.25, -0.2) is 9.78 Å². The fourth-order valence-electron chi connectivity index (χ4n) is 1.49. The second-order valence-electron chi connectivity index (χ2n) is 3.78. The zero-order valence-electron chi connectivity index (χ0n) is 9.83. The van der Waals surface area contributed by atoms with Gasteiger partial charge >= 0.3 is 5.97 Å². The minimum Gasteiger partial charge on any atom is -0.477 e. The number of nitrogen functional groups attached to an aromatic ring is 1. The van der Waals surface area contributed by atoms with E-state index < -0.39 is 11.9 Å². The highest BCUT2D eigenvalue weighted by molar-refractivity contribution is 6.06. The lowest BCUT2D eigenvalue weighted by Gasteiger charge is -2.07. The molecule has 0 fully saturated rings. The summed E-state index contributed by atoms with van der Waals surface area (Å²) in [5, 5.41) is 11.4. The highest BCUT2D eigenvalue weighted by Gasteiger charge is 2.11. The Kier molecular flexibility index (Phi) is 3.42. The maximum absolute atomic E-state index is 12.0. The molecular formula is C13H11N3O3. The smallest absolute Gasteiger partial charge is 0.354 e. The first kappa shape index (κ1) is 12.6. The van der Waals surface area contributed by atoms with Crippen LogP contribution in [-0.2, 0) is 0 Å². The molecule has 1 amide bonds. The molecule has 19 heavy (non-hydrogen) atoms. The van der Waals surface area contributed by atoms with E-state index in [1.807, 2.05) is 0 Å². The van der Waals surface area contributed by atoms with Crippen molar-refractivity contribution >= 4 is 23.3 Å². The lowest BCUT2D eigenvalue weighted by Crippen LogP contribution is -2.14. The fourth-order valence-corrected chi connectivity index (χ4v) is 1.49. The first-order chi connectivity index (χ1) is 9.08. The van der Waals surface area contributed by atoms with Crippen LogP contribution in [0.2, 0.25) is 0 Å². The van der Waals surface area contributed by atoms with Crippen molar-refractivity contribution < 1.29 is 14.7 Å². The Hall–Kier alpha value is -2.89. The van der Waals surface area contributed by atoms with Gasteiger partial charge in [0.15, 0.2) is 0 Å². The number of pyridine rings is 1. The van der Waals surface area contributed by atoms with Gasteiger partial charge in [0.1, 0.15) is 5.69 Å². The first-order valence-corrected chi connectivity index (χ1v) is 5.43. The number of nitrogens with one attached hydrogen (secondary N) is 1. The quantitative estimate of drug-likeness (QED) is 0.724. The summed E-state index contributed by atoms with van der Waals surface area (Å²) in [5.74, 6) is -1.63. The number of nitrogens with two attached hydrogens (primary N) is 1. The monoisotopic (exact) mass is 257 g/mol. The Morgan fingerprint density at radius 3 is 2.63 bits per heavy atom. The fraction of sp³-hybridized carbons (Fsp3) is 0. The van der Waals surface area contributed by atoms with Crippen LogP contribution in [0.5, 0.6) is 0 Å². The highest BCUT2D eigenvalue weighted by atomic mass is 16.4. The molecule has 0 radical (unpaired) electrons. The molecule has 2 aromatic rings. The van der Waals surface area contributed by atoms with Gasteiger partial charge in [0.25, 0.3) is 5.91 Å². The summed E-state index contributed by atoms with van der Waals surface area (Å²) in [6.07, 6.45) is 1.27. The number of nitrogens with zero attached hydrogens (tertiary/aromatic N) is 1. The van der Waals surface area contributed by atoms with E-state index in [1.54, 1.807) is 24.3 Å². The zero-order chi connectivity index (χ0) is 13.8. The van der Waals surface area contributed by atoms with Crippen molar-refractivity contribution in [2.45, 2.75) is 0 Å². The molecule has 0 spiro atoms. The summed E-state index contributed by atoms with van der Waals surface area (Å²) in [6.45, 7) is 0.